The van der Waals surface area contributed by atoms with E-state index in [0.717, 1.165) is 0 Å². The van der Waals surface area contributed by atoms with Crippen molar-refractivity contribution < 1.29 is 5.11 Å². The molecule has 1 saturated heterocycles. The fourth-order valence-corrected chi connectivity index (χ4v) is 2.15. The zero-order valence-corrected chi connectivity index (χ0v) is 8.49. The maximum Gasteiger partial charge on any atom is 0.115 e. The van der Waals surface area contributed by atoms with Crippen molar-refractivity contribution >= 4 is 0 Å². The summed E-state index contributed by atoms with van der Waals surface area (Å²) in [5.41, 5.74) is 7.70. The minimum absolute atomic E-state index is 0.327. The van der Waals surface area contributed by atoms with E-state index in [1.165, 1.54) is 5.56 Å². The molecule has 1 aliphatic rings. The van der Waals surface area contributed by atoms with Crippen molar-refractivity contribution in [3.63, 3.8) is 0 Å². The van der Waals surface area contributed by atoms with Crippen molar-refractivity contribution in [2.75, 3.05) is 0 Å². The van der Waals surface area contributed by atoms with Crippen LogP contribution in [-0.4, -0.2) is 17.2 Å². The van der Waals surface area contributed by atoms with Crippen molar-refractivity contribution in [2.24, 2.45) is 0 Å². The Hall–Kier alpha value is -1.06. The molecule has 1 aliphatic heterocycles. The molecule has 2 unspecified atom stereocenters. The second kappa shape index (κ2) is 3.59. The lowest BCUT2D eigenvalue weighted by Crippen LogP contribution is -2.30. The lowest BCUT2D eigenvalue weighted by molar-refractivity contribution is 0.474. The molecular formula is C11H16N2O. The molecule has 0 amide bonds. The number of aromatic hydroxyl groups is 1. The van der Waals surface area contributed by atoms with Gasteiger partial charge in [-0.3, -0.25) is 10.9 Å². The Morgan fingerprint density at radius 3 is 2.00 bits per heavy atom. The predicted molar refractivity (Wildman–Crippen MR) is 56.0 cm³/mol. The topological polar surface area (TPSA) is 44.3 Å². The largest absolute Gasteiger partial charge is 0.508 e. The Morgan fingerprint density at radius 1 is 1.00 bits per heavy atom. The number of rotatable bonds is 1. The van der Waals surface area contributed by atoms with Crippen LogP contribution in [0.1, 0.15) is 25.3 Å². The minimum atomic E-state index is 0.327. The Labute approximate surface area is 84.1 Å². The van der Waals surface area contributed by atoms with Crippen LogP contribution in [0.25, 0.3) is 0 Å². The Kier molecular flexibility index (Phi) is 2.44. The lowest BCUT2D eigenvalue weighted by Gasteiger charge is -2.18. The van der Waals surface area contributed by atoms with E-state index < -0.39 is 0 Å². The van der Waals surface area contributed by atoms with Crippen LogP contribution in [0, 0.1) is 0 Å². The first-order valence-electron chi connectivity index (χ1n) is 4.98. The molecule has 3 N–H and O–H groups in total. The average molecular weight is 192 g/mol. The highest BCUT2D eigenvalue weighted by Gasteiger charge is 2.30. The molecule has 0 saturated carbocycles. The molecule has 2 rings (SSSR count). The van der Waals surface area contributed by atoms with E-state index in [1.807, 2.05) is 12.1 Å². The van der Waals surface area contributed by atoms with Gasteiger partial charge in [0.25, 0.3) is 0 Å². The van der Waals surface area contributed by atoms with Gasteiger partial charge in [-0.05, 0) is 31.5 Å². The van der Waals surface area contributed by atoms with E-state index in [0.29, 0.717) is 23.8 Å². The number of hydrazine groups is 1. The summed E-state index contributed by atoms with van der Waals surface area (Å²) in [6.07, 6.45) is 0. The number of phenols is 1. The third-order valence-electron chi connectivity index (χ3n) is 2.89. The van der Waals surface area contributed by atoms with Crippen molar-refractivity contribution in [1.82, 2.24) is 10.9 Å². The summed E-state index contributed by atoms with van der Waals surface area (Å²) in [7, 11) is 0. The van der Waals surface area contributed by atoms with Crippen LogP contribution in [0.3, 0.4) is 0 Å². The minimum Gasteiger partial charge on any atom is -0.508 e. The smallest absolute Gasteiger partial charge is 0.115 e. The van der Waals surface area contributed by atoms with Crippen LogP contribution in [-0.2, 0) is 0 Å². The average Bonchev–Trinajstić information content (AvgIpc) is 2.49. The van der Waals surface area contributed by atoms with Gasteiger partial charge in [0.1, 0.15) is 5.75 Å². The molecule has 1 heterocycles. The van der Waals surface area contributed by atoms with Gasteiger partial charge in [0.05, 0.1) is 0 Å². The molecule has 14 heavy (non-hydrogen) atoms. The number of benzene rings is 1. The summed E-state index contributed by atoms with van der Waals surface area (Å²) in [5.74, 6) is 0.795. The molecule has 76 valence electrons. The first kappa shape index (κ1) is 9.49. The van der Waals surface area contributed by atoms with Crippen LogP contribution < -0.4 is 10.9 Å². The third kappa shape index (κ3) is 1.61. The normalized spacial score (nSPS) is 32.0. The first-order valence-corrected chi connectivity index (χ1v) is 4.98. The van der Waals surface area contributed by atoms with Gasteiger partial charge in [-0.1, -0.05) is 12.1 Å². The van der Waals surface area contributed by atoms with Gasteiger partial charge >= 0.3 is 0 Å². The molecule has 1 fully saturated rings. The maximum atomic E-state index is 9.20. The fourth-order valence-electron chi connectivity index (χ4n) is 2.15. The van der Waals surface area contributed by atoms with Crippen LogP contribution in [0.4, 0.5) is 0 Å². The zero-order valence-electron chi connectivity index (χ0n) is 8.49. The van der Waals surface area contributed by atoms with E-state index in [4.69, 9.17) is 0 Å². The summed E-state index contributed by atoms with van der Waals surface area (Å²) in [6.45, 7) is 4.32. The van der Waals surface area contributed by atoms with Gasteiger partial charge in [-0.25, -0.2) is 0 Å². The Morgan fingerprint density at radius 2 is 1.50 bits per heavy atom. The number of hydrogen-bond acceptors (Lipinski definition) is 3. The second-order valence-electron chi connectivity index (χ2n) is 3.98. The predicted octanol–water partition coefficient (Wildman–Crippen LogP) is 1.36. The first-order chi connectivity index (χ1) is 6.68. The molecule has 0 aliphatic carbocycles. The third-order valence-corrected chi connectivity index (χ3v) is 2.89. The Balaban J connectivity index is 2.25. The van der Waals surface area contributed by atoms with Crippen molar-refractivity contribution in [1.29, 1.82) is 0 Å². The molecule has 0 spiro atoms. The Bertz CT molecular complexity index is 300. The fraction of sp³-hybridized carbons (Fsp3) is 0.455. The van der Waals surface area contributed by atoms with Gasteiger partial charge in [0, 0.05) is 18.0 Å². The SMILES string of the molecule is CC1NNC(C)C1c1ccc(O)cc1. The zero-order chi connectivity index (χ0) is 10.1. The molecule has 1 aromatic rings. The highest BCUT2D eigenvalue weighted by Crippen LogP contribution is 2.27. The van der Waals surface area contributed by atoms with Crippen molar-refractivity contribution in [3.8, 4) is 5.75 Å². The molecule has 0 radical (unpaired) electrons. The molecule has 2 atom stereocenters. The summed E-state index contributed by atoms with van der Waals surface area (Å²) >= 11 is 0. The van der Waals surface area contributed by atoms with E-state index in [1.54, 1.807) is 12.1 Å². The lowest BCUT2D eigenvalue weighted by atomic mass is 9.89. The van der Waals surface area contributed by atoms with Crippen molar-refractivity contribution in [3.05, 3.63) is 29.8 Å². The molecule has 0 bridgehead atoms. The number of hydrogen-bond donors (Lipinski definition) is 3. The van der Waals surface area contributed by atoms with Gasteiger partial charge < -0.3 is 5.11 Å². The van der Waals surface area contributed by atoms with Crippen LogP contribution >= 0.6 is 0 Å². The summed E-state index contributed by atoms with van der Waals surface area (Å²) < 4.78 is 0. The highest BCUT2D eigenvalue weighted by atomic mass is 16.3. The molecule has 1 aromatic carbocycles. The van der Waals surface area contributed by atoms with Gasteiger partial charge in [-0.15, -0.1) is 0 Å². The van der Waals surface area contributed by atoms with Gasteiger partial charge in [-0.2, -0.15) is 0 Å². The molecule has 0 aromatic heterocycles. The van der Waals surface area contributed by atoms with E-state index in [2.05, 4.69) is 24.7 Å². The summed E-state index contributed by atoms with van der Waals surface area (Å²) in [4.78, 5) is 0. The quantitative estimate of drug-likeness (QED) is 0.629. The number of nitrogens with one attached hydrogen (secondary N) is 2. The standard InChI is InChI=1S/C11H16N2O/c1-7-11(8(2)13-12-7)9-3-5-10(14)6-4-9/h3-8,11-14H,1-2H3. The molecular weight excluding hydrogens is 176 g/mol. The molecule has 3 heteroatoms. The van der Waals surface area contributed by atoms with Gasteiger partial charge in [0.15, 0.2) is 0 Å². The van der Waals surface area contributed by atoms with Crippen LogP contribution in [0.15, 0.2) is 24.3 Å². The monoisotopic (exact) mass is 192 g/mol. The number of phenolic OH excluding ortho intramolecular Hbond substituents is 1. The van der Waals surface area contributed by atoms with Crippen molar-refractivity contribution in [2.45, 2.75) is 31.8 Å². The maximum absolute atomic E-state index is 9.20. The summed E-state index contributed by atoms with van der Waals surface area (Å²) in [5, 5.41) is 9.20. The second-order valence-corrected chi connectivity index (χ2v) is 3.98. The highest BCUT2D eigenvalue weighted by molar-refractivity contribution is 5.30. The van der Waals surface area contributed by atoms with E-state index in [-0.39, 0.29) is 0 Å². The molecule has 3 nitrogen and oxygen atoms in total. The summed E-state index contributed by atoms with van der Waals surface area (Å²) in [6, 6.07) is 8.31. The van der Waals surface area contributed by atoms with E-state index in [9.17, 15) is 5.11 Å². The van der Waals surface area contributed by atoms with Crippen LogP contribution in [0.2, 0.25) is 0 Å². The van der Waals surface area contributed by atoms with Gasteiger partial charge in [0.2, 0.25) is 0 Å². The van der Waals surface area contributed by atoms with Crippen LogP contribution in [0.5, 0.6) is 5.75 Å². The van der Waals surface area contributed by atoms with E-state index >= 15 is 0 Å².